The van der Waals surface area contributed by atoms with Crippen LogP contribution in [0.5, 0.6) is 0 Å². The highest BCUT2D eigenvalue weighted by atomic mass is 35.5. The molecule has 0 aliphatic carbocycles. The topological polar surface area (TPSA) is 45.2 Å². The fourth-order valence-electron chi connectivity index (χ4n) is 2.95. The third kappa shape index (κ3) is 2.27. The zero-order valence-corrected chi connectivity index (χ0v) is 11.7. The summed E-state index contributed by atoms with van der Waals surface area (Å²) in [6.07, 6.45) is 3.67. The first-order chi connectivity index (χ1) is 8.63. The lowest BCUT2D eigenvalue weighted by molar-refractivity contribution is 0.254. The maximum atomic E-state index is 5.83. The number of hydrogen-bond donors (Lipinski definition) is 0. The molecule has 3 heterocycles. The van der Waals surface area contributed by atoms with Gasteiger partial charge in [0.2, 0.25) is 16.5 Å². The van der Waals surface area contributed by atoms with Crippen LogP contribution >= 0.6 is 23.2 Å². The SMILES string of the molecule is CN1C2CCC1CN(c1nc(Cl)nc(Cl)n1)CC2. The Hall–Kier alpha value is -0.650. The average molecular weight is 288 g/mol. The van der Waals surface area contributed by atoms with Crippen LogP contribution in [0.4, 0.5) is 5.95 Å². The summed E-state index contributed by atoms with van der Waals surface area (Å²) in [7, 11) is 2.21. The number of nitrogens with zero attached hydrogens (tertiary/aromatic N) is 5. The van der Waals surface area contributed by atoms with E-state index in [1.54, 1.807) is 0 Å². The van der Waals surface area contributed by atoms with Gasteiger partial charge in [-0.2, -0.15) is 15.0 Å². The van der Waals surface area contributed by atoms with E-state index >= 15 is 0 Å². The molecule has 2 fully saturated rings. The molecule has 0 N–H and O–H groups in total. The molecule has 1 aromatic rings. The van der Waals surface area contributed by atoms with E-state index in [4.69, 9.17) is 23.2 Å². The highest BCUT2D eigenvalue weighted by Gasteiger charge is 2.35. The third-order valence-electron chi connectivity index (χ3n) is 4.00. The summed E-state index contributed by atoms with van der Waals surface area (Å²) < 4.78 is 0. The molecule has 0 amide bonds. The molecule has 0 saturated carbocycles. The van der Waals surface area contributed by atoms with Crippen LogP contribution in [0.3, 0.4) is 0 Å². The molecule has 0 spiro atoms. The summed E-state index contributed by atoms with van der Waals surface area (Å²) in [6, 6.07) is 1.26. The predicted molar refractivity (Wildman–Crippen MR) is 71.3 cm³/mol. The van der Waals surface area contributed by atoms with Crippen molar-refractivity contribution in [2.45, 2.75) is 31.3 Å². The molecule has 2 aliphatic heterocycles. The van der Waals surface area contributed by atoms with Gasteiger partial charge < -0.3 is 4.90 Å². The fourth-order valence-corrected chi connectivity index (χ4v) is 3.30. The van der Waals surface area contributed by atoms with Crippen molar-refractivity contribution in [2.75, 3.05) is 25.0 Å². The Morgan fingerprint density at radius 3 is 2.39 bits per heavy atom. The first-order valence-electron chi connectivity index (χ1n) is 6.17. The molecule has 3 rings (SSSR count). The van der Waals surface area contributed by atoms with Crippen molar-refractivity contribution in [2.24, 2.45) is 0 Å². The summed E-state index contributed by atoms with van der Waals surface area (Å²) in [5, 5.41) is 0.320. The zero-order valence-electron chi connectivity index (χ0n) is 10.2. The molecule has 0 aromatic carbocycles. The third-order valence-corrected chi connectivity index (χ3v) is 4.34. The number of rotatable bonds is 1. The van der Waals surface area contributed by atoms with Crippen LogP contribution in [0.2, 0.25) is 10.6 Å². The molecule has 98 valence electrons. The lowest BCUT2D eigenvalue weighted by atomic mass is 10.1. The minimum atomic E-state index is 0.160. The number of halogens is 2. The maximum absolute atomic E-state index is 5.83. The lowest BCUT2D eigenvalue weighted by Gasteiger charge is -2.25. The molecule has 0 radical (unpaired) electrons. The smallest absolute Gasteiger partial charge is 0.231 e. The van der Waals surface area contributed by atoms with E-state index in [1.165, 1.54) is 12.8 Å². The van der Waals surface area contributed by atoms with Gasteiger partial charge in [-0.15, -0.1) is 0 Å². The van der Waals surface area contributed by atoms with E-state index in [9.17, 15) is 0 Å². The Morgan fingerprint density at radius 1 is 1.00 bits per heavy atom. The second kappa shape index (κ2) is 4.79. The van der Waals surface area contributed by atoms with Crippen LogP contribution in [-0.2, 0) is 0 Å². The van der Waals surface area contributed by atoms with Crippen LogP contribution in [0, 0.1) is 0 Å². The van der Waals surface area contributed by atoms with Gasteiger partial charge in [-0.3, -0.25) is 4.90 Å². The van der Waals surface area contributed by atoms with Crippen LogP contribution in [0.25, 0.3) is 0 Å². The molecule has 2 saturated heterocycles. The van der Waals surface area contributed by atoms with Gasteiger partial charge in [-0.1, -0.05) is 0 Å². The van der Waals surface area contributed by atoms with Gasteiger partial charge in [0.1, 0.15) is 0 Å². The van der Waals surface area contributed by atoms with Crippen molar-refractivity contribution in [3.05, 3.63) is 10.6 Å². The largest absolute Gasteiger partial charge is 0.339 e. The van der Waals surface area contributed by atoms with E-state index in [0.29, 0.717) is 18.0 Å². The summed E-state index contributed by atoms with van der Waals surface area (Å²) in [5.74, 6) is 0.598. The maximum Gasteiger partial charge on any atom is 0.231 e. The first-order valence-corrected chi connectivity index (χ1v) is 6.93. The van der Waals surface area contributed by atoms with Crippen LogP contribution in [0.15, 0.2) is 0 Å². The van der Waals surface area contributed by atoms with E-state index in [1.807, 2.05) is 0 Å². The van der Waals surface area contributed by atoms with E-state index in [2.05, 4.69) is 31.8 Å². The quantitative estimate of drug-likeness (QED) is 0.789. The minimum Gasteiger partial charge on any atom is -0.339 e. The molecule has 18 heavy (non-hydrogen) atoms. The summed E-state index contributed by atoms with van der Waals surface area (Å²) in [5.41, 5.74) is 0. The monoisotopic (exact) mass is 287 g/mol. The average Bonchev–Trinajstić information content (AvgIpc) is 2.51. The second-order valence-electron chi connectivity index (χ2n) is 4.96. The standard InChI is InChI=1S/C11H15Cl2N5/c1-17-7-2-3-8(17)6-18(5-4-7)11-15-9(12)14-10(13)16-11/h7-8H,2-6H2,1H3. The van der Waals surface area contributed by atoms with Gasteiger partial charge in [0.25, 0.3) is 0 Å². The number of anilines is 1. The van der Waals surface area contributed by atoms with Gasteiger partial charge in [0.15, 0.2) is 0 Å². The van der Waals surface area contributed by atoms with Gasteiger partial charge in [-0.05, 0) is 49.5 Å². The normalized spacial score (nSPS) is 28.5. The number of hydrogen-bond acceptors (Lipinski definition) is 5. The van der Waals surface area contributed by atoms with Crippen LogP contribution < -0.4 is 4.90 Å². The van der Waals surface area contributed by atoms with Gasteiger partial charge in [0, 0.05) is 25.2 Å². The summed E-state index contributed by atoms with van der Waals surface area (Å²) in [4.78, 5) is 16.8. The van der Waals surface area contributed by atoms with Gasteiger partial charge >= 0.3 is 0 Å². The second-order valence-corrected chi connectivity index (χ2v) is 5.63. The zero-order chi connectivity index (χ0) is 12.7. The molecule has 1 aromatic heterocycles. The molecule has 5 nitrogen and oxygen atoms in total. The van der Waals surface area contributed by atoms with Crippen molar-refractivity contribution in [3.8, 4) is 0 Å². The molecule has 7 heteroatoms. The van der Waals surface area contributed by atoms with Gasteiger partial charge in [-0.25, -0.2) is 0 Å². The minimum absolute atomic E-state index is 0.160. The van der Waals surface area contributed by atoms with Crippen LogP contribution in [-0.4, -0.2) is 52.1 Å². The number of likely N-dealkylation sites (N-methyl/N-ethyl adjacent to an activating group) is 1. The Labute approximate surface area is 116 Å². The highest BCUT2D eigenvalue weighted by molar-refractivity contribution is 6.31. The number of aromatic nitrogens is 3. The van der Waals surface area contributed by atoms with Crippen molar-refractivity contribution < 1.29 is 0 Å². The van der Waals surface area contributed by atoms with E-state index in [0.717, 1.165) is 19.5 Å². The molecule has 2 bridgehead atoms. The molecule has 2 aliphatic rings. The fraction of sp³-hybridized carbons (Fsp3) is 0.727. The molecular weight excluding hydrogens is 273 g/mol. The lowest BCUT2D eigenvalue weighted by Crippen LogP contribution is -2.37. The molecular formula is C11H15Cl2N5. The summed E-state index contributed by atoms with van der Waals surface area (Å²) >= 11 is 11.7. The Bertz CT molecular complexity index is 435. The summed E-state index contributed by atoms with van der Waals surface area (Å²) in [6.45, 7) is 1.88. The Kier molecular flexibility index (Phi) is 3.30. The van der Waals surface area contributed by atoms with Crippen molar-refractivity contribution >= 4 is 29.2 Å². The van der Waals surface area contributed by atoms with Crippen molar-refractivity contribution in [1.82, 2.24) is 19.9 Å². The predicted octanol–water partition coefficient (Wildman–Crippen LogP) is 1.85. The van der Waals surface area contributed by atoms with Gasteiger partial charge in [0.05, 0.1) is 0 Å². The van der Waals surface area contributed by atoms with E-state index < -0.39 is 0 Å². The first kappa shape index (κ1) is 12.4. The Morgan fingerprint density at radius 2 is 1.67 bits per heavy atom. The number of fused-ring (bicyclic) bond motifs is 2. The van der Waals surface area contributed by atoms with Crippen LogP contribution in [0.1, 0.15) is 19.3 Å². The molecule has 2 atom stereocenters. The van der Waals surface area contributed by atoms with Crippen molar-refractivity contribution in [1.29, 1.82) is 0 Å². The highest BCUT2D eigenvalue weighted by Crippen LogP contribution is 2.29. The van der Waals surface area contributed by atoms with Crippen molar-refractivity contribution in [3.63, 3.8) is 0 Å². The molecule has 2 unspecified atom stereocenters. The Balaban J connectivity index is 1.84. The van der Waals surface area contributed by atoms with E-state index in [-0.39, 0.29) is 10.6 Å².